The molecular formula is C17H20O3. The van der Waals surface area contributed by atoms with E-state index in [-0.39, 0.29) is 6.10 Å². The maximum absolute atomic E-state index is 5.68. The molecule has 20 heavy (non-hydrogen) atoms. The molecule has 0 spiro atoms. The first-order valence-corrected chi connectivity index (χ1v) is 6.81. The van der Waals surface area contributed by atoms with E-state index in [0.29, 0.717) is 0 Å². The normalized spacial score (nSPS) is 12.3. The van der Waals surface area contributed by atoms with Crippen LogP contribution in [0.25, 0.3) is 0 Å². The fourth-order valence-electron chi connectivity index (χ4n) is 1.48. The Balaban J connectivity index is 0.000000432. The molecule has 1 saturated heterocycles. The molecule has 0 aromatic heterocycles. The summed E-state index contributed by atoms with van der Waals surface area (Å²) in [5.41, 5.74) is 0. The minimum Gasteiger partial charge on any atom is -0.491 e. The van der Waals surface area contributed by atoms with Crippen LogP contribution in [0.3, 0.4) is 0 Å². The molecule has 2 aromatic carbocycles. The molecule has 0 saturated carbocycles. The standard InChI is InChI=1S/C15H16O2.C2H4O/c1-12(2)16-14-8-10-15(11-9-14)17-13-6-4-3-5-7-13;1-2-3-1/h3-12H,1-2H3;1-2H2. The SMILES string of the molecule is C1CO1.CC(C)Oc1ccc(Oc2ccccc2)cc1. The Morgan fingerprint density at radius 1 is 0.800 bits per heavy atom. The molecule has 3 rings (SSSR count). The second-order valence-electron chi connectivity index (χ2n) is 4.67. The first-order valence-electron chi connectivity index (χ1n) is 6.81. The second kappa shape index (κ2) is 7.56. The van der Waals surface area contributed by atoms with E-state index >= 15 is 0 Å². The molecule has 3 nitrogen and oxygen atoms in total. The molecule has 1 aliphatic rings. The monoisotopic (exact) mass is 272 g/mol. The molecule has 3 heteroatoms. The van der Waals surface area contributed by atoms with Crippen molar-refractivity contribution in [2.24, 2.45) is 0 Å². The molecule has 106 valence electrons. The van der Waals surface area contributed by atoms with Gasteiger partial charge >= 0.3 is 0 Å². The fraction of sp³-hybridized carbons (Fsp3) is 0.294. The summed E-state index contributed by atoms with van der Waals surface area (Å²) in [6.45, 7) is 6.02. The van der Waals surface area contributed by atoms with Gasteiger partial charge in [0.15, 0.2) is 0 Å². The topological polar surface area (TPSA) is 31.0 Å². The lowest BCUT2D eigenvalue weighted by Gasteiger charge is -2.10. The fourth-order valence-corrected chi connectivity index (χ4v) is 1.48. The number of epoxide rings is 1. The molecule has 0 atom stereocenters. The molecule has 0 unspecified atom stereocenters. The molecule has 0 bridgehead atoms. The van der Waals surface area contributed by atoms with Crippen molar-refractivity contribution in [1.29, 1.82) is 0 Å². The van der Waals surface area contributed by atoms with Gasteiger partial charge in [-0.1, -0.05) is 18.2 Å². The zero-order valence-corrected chi connectivity index (χ0v) is 11.9. The van der Waals surface area contributed by atoms with Gasteiger partial charge < -0.3 is 14.2 Å². The van der Waals surface area contributed by atoms with Crippen LogP contribution in [0, 0.1) is 0 Å². The maximum Gasteiger partial charge on any atom is 0.127 e. The summed E-state index contributed by atoms with van der Waals surface area (Å²) in [4.78, 5) is 0. The van der Waals surface area contributed by atoms with Crippen LogP contribution >= 0.6 is 0 Å². The minimum atomic E-state index is 0.191. The summed E-state index contributed by atoms with van der Waals surface area (Å²) in [5.74, 6) is 2.51. The van der Waals surface area contributed by atoms with Gasteiger partial charge in [0, 0.05) is 0 Å². The van der Waals surface area contributed by atoms with E-state index < -0.39 is 0 Å². The number of rotatable bonds is 4. The predicted octanol–water partition coefficient (Wildman–Crippen LogP) is 4.28. The van der Waals surface area contributed by atoms with Crippen LogP contribution in [0.4, 0.5) is 0 Å². The minimum absolute atomic E-state index is 0.191. The molecular weight excluding hydrogens is 252 g/mol. The summed E-state index contributed by atoms with van der Waals surface area (Å²) in [5, 5.41) is 0. The van der Waals surface area contributed by atoms with Crippen LogP contribution in [-0.4, -0.2) is 19.3 Å². The van der Waals surface area contributed by atoms with E-state index in [1.165, 1.54) is 0 Å². The van der Waals surface area contributed by atoms with Crippen molar-refractivity contribution >= 4 is 0 Å². The third kappa shape index (κ3) is 5.76. The van der Waals surface area contributed by atoms with Crippen molar-refractivity contribution in [3.05, 3.63) is 54.6 Å². The van der Waals surface area contributed by atoms with Crippen LogP contribution in [0.1, 0.15) is 13.8 Å². The van der Waals surface area contributed by atoms with Crippen molar-refractivity contribution in [3.8, 4) is 17.2 Å². The van der Waals surface area contributed by atoms with Gasteiger partial charge in [-0.05, 0) is 50.2 Å². The average molecular weight is 272 g/mol. The van der Waals surface area contributed by atoms with Crippen LogP contribution in [0.5, 0.6) is 17.2 Å². The lowest BCUT2D eigenvalue weighted by atomic mass is 10.3. The summed E-state index contributed by atoms with van der Waals surface area (Å²) in [6.07, 6.45) is 0.191. The molecule has 0 amide bonds. The molecule has 1 fully saturated rings. The van der Waals surface area contributed by atoms with Crippen LogP contribution < -0.4 is 9.47 Å². The molecule has 0 aliphatic carbocycles. The first-order chi connectivity index (χ1) is 9.74. The van der Waals surface area contributed by atoms with Gasteiger partial charge in [-0.2, -0.15) is 0 Å². The van der Waals surface area contributed by atoms with Crippen molar-refractivity contribution < 1.29 is 14.2 Å². The van der Waals surface area contributed by atoms with Crippen molar-refractivity contribution in [3.63, 3.8) is 0 Å². The highest BCUT2D eigenvalue weighted by atomic mass is 16.6. The van der Waals surface area contributed by atoms with E-state index in [4.69, 9.17) is 9.47 Å². The predicted molar refractivity (Wildman–Crippen MR) is 79.5 cm³/mol. The van der Waals surface area contributed by atoms with Gasteiger partial charge in [0.25, 0.3) is 0 Å². The van der Waals surface area contributed by atoms with Crippen molar-refractivity contribution in [2.75, 3.05) is 13.2 Å². The smallest absolute Gasteiger partial charge is 0.127 e. The number of benzene rings is 2. The van der Waals surface area contributed by atoms with Gasteiger partial charge in [-0.15, -0.1) is 0 Å². The lowest BCUT2D eigenvalue weighted by Crippen LogP contribution is -2.05. The summed E-state index contributed by atoms with van der Waals surface area (Å²) >= 11 is 0. The molecule has 1 heterocycles. The maximum atomic E-state index is 5.68. The van der Waals surface area contributed by atoms with E-state index in [0.717, 1.165) is 30.5 Å². The molecule has 0 radical (unpaired) electrons. The summed E-state index contributed by atoms with van der Waals surface area (Å²) < 4.78 is 15.7. The Morgan fingerprint density at radius 2 is 1.30 bits per heavy atom. The molecule has 1 aliphatic heterocycles. The summed E-state index contributed by atoms with van der Waals surface area (Å²) in [7, 11) is 0. The van der Waals surface area contributed by atoms with E-state index in [1.807, 2.05) is 68.4 Å². The van der Waals surface area contributed by atoms with Gasteiger partial charge in [-0.3, -0.25) is 0 Å². The van der Waals surface area contributed by atoms with Crippen LogP contribution in [0.2, 0.25) is 0 Å². The van der Waals surface area contributed by atoms with Crippen LogP contribution in [0.15, 0.2) is 54.6 Å². The third-order valence-corrected chi connectivity index (χ3v) is 2.38. The average Bonchev–Trinajstić information content (AvgIpc) is 3.30. The second-order valence-corrected chi connectivity index (χ2v) is 4.67. The van der Waals surface area contributed by atoms with Crippen molar-refractivity contribution in [2.45, 2.75) is 20.0 Å². The number of hydrogen-bond acceptors (Lipinski definition) is 3. The highest BCUT2D eigenvalue weighted by molar-refractivity contribution is 5.35. The van der Waals surface area contributed by atoms with Gasteiger partial charge in [0.05, 0.1) is 19.3 Å². The Hall–Kier alpha value is -2.00. The highest BCUT2D eigenvalue weighted by Crippen LogP contribution is 2.23. The molecule has 2 aromatic rings. The highest BCUT2D eigenvalue weighted by Gasteiger charge is 1.99. The van der Waals surface area contributed by atoms with E-state index in [1.54, 1.807) is 0 Å². The summed E-state index contributed by atoms with van der Waals surface area (Å²) in [6, 6.07) is 17.4. The van der Waals surface area contributed by atoms with Crippen molar-refractivity contribution in [1.82, 2.24) is 0 Å². The zero-order chi connectivity index (χ0) is 14.2. The van der Waals surface area contributed by atoms with E-state index in [2.05, 4.69) is 4.74 Å². The number of ether oxygens (including phenoxy) is 3. The third-order valence-electron chi connectivity index (χ3n) is 2.38. The largest absolute Gasteiger partial charge is 0.491 e. The Kier molecular flexibility index (Phi) is 5.44. The number of hydrogen-bond donors (Lipinski definition) is 0. The number of para-hydroxylation sites is 1. The Morgan fingerprint density at radius 3 is 1.80 bits per heavy atom. The van der Waals surface area contributed by atoms with Crippen LogP contribution in [-0.2, 0) is 4.74 Å². The van der Waals surface area contributed by atoms with E-state index in [9.17, 15) is 0 Å². The zero-order valence-electron chi connectivity index (χ0n) is 11.9. The Labute approximate surface area is 120 Å². The molecule has 0 N–H and O–H groups in total. The first kappa shape index (κ1) is 14.4. The quantitative estimate of drug-likeness (QED) is 0.778. The Bertz CT molecular complexity index is 487. The van der Waals surface area contributed by atoms with Gasteiger partial charge in [0.1, 0.15) is 17.2 Å². The van der Waals surface area contributed by atoms with Gasteiger partial charge in [-0.25, -0.2) is 0 Å². The van der Waals surface area contributed by atoms with Gasteiger partial charge in [0.2, 0.25) is 0 Å². The lowest BCUT2D eigenvalue weighted by molar-refractivity contribution is 0.242.